The van der Waals surface area contributed by atoms with Gasteiger partial charge < -0.3 is 37.3 Å². The Morgan fingerprint density at radius 1 is 1.40 bits per heavy atom. The minimum atomic E-state index is -1.18. The van der Waals surface area contributed by atoms with Crippen LogP contribution in [-0.2, 0) is 4.74 Å². The molecule has 1 saturated heterocycles. The molecule has 1 aliphatic heterocycles. The average molecular weight is 221 g/mol. The number of rotatable bonds is 4. The predicted octanol–water partition coefficient (Wildman–Crippen LogP) is -3.71. The van der Waals surface area contributed by atoms with E-state index >= 15 is 0 Å². The van der Waals surface area contributed by atoms with Crippen LogP contribution in [0, 0.1) is 5.92 Å². The first-order valence-corrected chi connectivity index (χ1v) is 4.86. The smallest absolute Gasteiger partial charge is 0.109 e. The number of hydrogen-bond acceptors (Lipinski definition) is 7. The van der Waals surface area contributed by atoms with Gasteiger partial charge in [-0.1, -0.05) is 0 Å². The maximum absolute atomic E-state index is 9.73. The highest BCUT2D eigenvalue weighted by atomic mass is 16.5. The van der Waals surface area contributed by atoms with Crippen molar-refractivity contribution in [1.82, 2.24) is 0 Å². The third kappa shape index (κ3) is 2.45. The molecule has 9 N–H and O–H groups in total. The Kier molecular flexibility index (Phi) is 4.41. The van der Waals surface area contributed by atoms with Crippen molar-refractivity contribution < 1.29 is 20.1 Å². The summed E-state index contributed by atoms with van der Waals surface area (Å²) in [5.74, 6) is -0.595. The van der Waals surface area contributed by atoms with Gasteiger partial charge in [0.25, 0.3) is 0 Å². The SMILES string of the molecule is NCC(C(N)O)C1OC(CO)C(N)C1O. The van der Waals surface area contributed by atoms with Crippen LogP contribution in [0.2, 0.25) is 0 Å². The molecule has 0 aliphatic carbocycles. The quantitative estimate of drug-likeness (QED) is 0.267. The molecular weight excluding hydrogens is 202 g/mol. The zero-order valence-corrected chi connectivity index (χ0v) is 8.36. The van der Waals surface area contributed by atoms with Gasteiger partial charge in [-0.3, -0.25) is 0 Å². The molecule has 0 spiro atoms. The Bertz CT molecular complexity index is 204. The molecule has 7 nitrogen and oxygen atoms in total. The Hall–Kier alpha value is -0.280. The molecule has 7 heteroatoms. The van der Waals surface area contributed by atoms with Crippen molar-refractivity contribution >= 4 is 0 Å². The van der Waals surface area contributed by atoms with Crippen LogP contribution >= 0.6 is 0 Å². The third-order valence-corrected chi connectivity index (χ3v) is 2.80. The molecule has 15 heavy (non-hydrogen) atoms. The summed E-state index contributed by atoms with van der Waals surface area (Å²) in [5, 5.41) is 27.9. The second-order valence-corrected chi connectivity index (χ2v) is 3.78. The normalized spacial score (nSPS) is 40.4. The van der Waals surface area contributed by atoms with Crippen molar-refractivity contribution in [1.29, 1.82) is 0 Å². The molecule has 0 aromatic carbocycles. The molecule has 1 fully saturated rings. The van der Waals surface area contributed by atoms with Gasteiger partial charge in [-0.2, -0.15) is 0 Å². The molecule has 6 unspecified atom stereocenters. The van der Waals surface area contributed by atoms with Crippen LogP contribution in [0.15, 0.2) is 0 Å². The molecule has 1 heterocycles. The van der Waals surface area contributed by atoms with Gasteiger partial charge in [0.15, 0.2) is 0 Å². The Morgan fingerprint density at radius 3 is 2.33 bits per heavy atom. The van der Waals surface area contributed by atoms with Crippen molar-refractivity contribution in [3.8, 4) is 0 Å². The highest BCUT2D eigenvalue weighted by Gasteiger charge is 2.45. The highest BCUT2D eigenvalue weighted by molar-refractivity contribution is 4.97. The maximum Gasteiger partial charge on any atom is 0.109 e. The van der Waals surface area contributed by atoms with Gasteiger partial charge in [0, 0.05) is 12.5 Å². The second-order valence-electron chi connectivity index (χ2n) is 3.78. The van der Waals surface area contributed by atoms with E-state index in [0.717, 1.165) is 0 Å². The van der Waals surface area contributed by atoms with Crippen LogP contribution in [-0.4, -0.2) is 59.1 Å². The summed E-state index contributed by atoms with van der Waals surface area (Å²) in [6.07, 6.45) is -3.53. The topological polar surface area (TPSA) is 148 Å². The summed E-state index contributed by atoms with van der Waals surface area (Å²) in [7, 11) is 0. The van der Waals surface area contributed by atoms with Crippen molar-refractivity contribution in [2.75, 3.05) is 13.2 Å². The van der Waals surface area contributed by atoms with Gasteiger partial charge >= 0.3 is 0 Å². The van der Waals surface area contributed by atoms with Crippen molar-refractivity contribution in [3.63, 3.8) is 0 Å². The highest BCUT2D eigenvalue weighted by Crippen LogP contribution is 2.25. The minimum absolute atomic E-state index is 0.0737. The van der Waals surface area contributed by atoms with Gasteiger partial charge in [-0.15, -0.1) is 0 Å². The van der Waals surface area contributed by atoms with E-state index in [1.54, 1.807) is 0 Å². The lowest BCUT2D eigenvalue weighted by molar-refractivity contribution is -0.0681. The van der Waals surface area contributed by atoms with E-state index in [9.17, 15) is 10.2 Å². The number of aliphatic hydroxyl groups is 3. The minimum Gasteiger partial charge on any atom is -0.394 e. The number of ether oxygens (including phenoxy) is 1. The van der Waals surface area contributed by atoms with Crippen LogP contribution < -0.4 is 17.2 Å². The van der Waals surface area contributed by atoms with Gasteiger partial charge in [-0.25, -0.2) is 0 Å². The van der Waals surface area contributed by atoms with E-state index < -0.39 is 36.5 Å². The van der Waals surface area contributed by atoms with E-state index in [1.165, 1.54) is 0 Å². The summed E-state index contributed by atoms with van der Waals surface area (Å²) in [6.45, 7) is -0.211. The second kappa shape index (κ2) is 5.17. The summed E-state index contributed by atoms with van der Waals surface area (Å²) >= 11 is 0. The monoisotopic (exact) mass is 221 g/mol. The molecule has 90 valence electrons. The third-order valence-electron chi connectivity index (χ3n) is 2.80. The average Bonchev–Trinajstić information content (AvgIpc) is 2.46. The van der Waals surface area contributed by atoms with Gasteiger partial charge in [0.05, 0.1) is 31.0 Å². The maximum atomic E-state index is 9.73. The fourth-order valence-electron chi connectivity index (χ4n) is 1.80. The van der Waals surface area contributed by atoms with E-state index in [-0.39, 0.29) is 13.2 Å². The largest absolute Gasteiger partial charge is 0.394 e. The summed E-state index contributed by atoms with van der Waals surface area (Å²) in [6, 6.07) is -0.687. The number of nitrogens with two attached hydrogens (primary N) is 3. The summed E-state index contributed by atoms with van der Waals surface area (Å²) in [4.78, 5) is 0. The van der Waals surface area contributed by atoms with E-state index in [4.69, 9.17) is 27.0 Å². The van der Waals surface area contributed by atoms with Crippen molar-refractivity contribution in [3.05, 3.63) is 0 Å². The summed E-state index contributed by atoms with van der Waals surface area (Å²) < 4.78 is 5.30. The molecule has 1 aliphatic rings. The lowest BCUT2D eigenvalue weighted by atomic mass is 9.94. The van der Waals surface area contributed by atoms with Crippen LogP contribution in [0.25, 0.3) is 0 Å². The first-order chi connectivity index (χ1) is 7.02. The fraction of sp³-hybridized carbons (Fsp3) is 1.00. The lowest BCUT2D eigenvalue weighted by Gasteiger charge is -2.26. The molecule has 0 amide bonds. The first kappa shape index (κ1) is 12.8. The molecule has 0 aromatic rings. The standard InChI is InChI=1S/C8H19N3O4/c9-1-3(8(11)14)7-6(13)5(10)4(2-12)15-7/h3-8,12-14H,1-2,9-11H2. The molecule has 0 aromatic heterocycles. The molecule has 6 atom stereocenters. The van der Waals surface area contributed by atoms with Gasteiger partial charge in [0.2, 0.25) is 0 Å². The molecule has 0 radical (unpaired) electrons. The van der Waals surface area contributed by atoms with E-state index in [1.807, 2.05) is 0 Å². The van der Waals surface area contributed by atoms with Gasteiger partial charge in [-0.05, 0) is 0 Å². The lowest BCUT2D eigenvalue weighted by Crippen LogP contribution is -2.49. The zero-order chi connectivity index (χ0) is 11.6. The van der Waals surface area contributed by atoms with Crippen LogP contribution in [0.5, 0.6) is 0 Å². The first-order valence-electron chi connectivity index (χ1n) is 4.86. The summed E-state index contributed by atoms with van der Waals surface area (Å²) in [5.41, 5.74) is 16.3. The van der Waals surface area contributed by atoms with E-state index in [0.29, 0.717) is 0 Å². The Morgan fingerprint density at radius 2 is 2.00 bits per heavy atom. The van der Waals surface area contributed by atoms with Crippen molar-refractivity contribution in [2.24, 2.45) is 23.1 Å². The number of hydrogen-bond donors (Lipinski definition) is 6. The molecular formula is C8H19N3O4. The molecule has 0 saturated carbocycles. The predicted molar refractivity (Wildman–Crippen MR) is 52.5 cm³/mol. The molecule has 0 bridgehead atoms. The molecule has 1 rings (SSSR count). The van der Waals surface area contributed by atoms with Crippen LogP contribution in [0.4, 0.5) is 0 Å². The van der Waals surface area contributed by atoms with E-state index in [2.05, 4.69) is 0 Å². The Labute approximate surface area is 87.8 Å². The Balaban J connectivity index is 2.70. The van der Waals surface area contributed by atoms with Crippen LogP contribution in [0.1, 0.15) is 0 Å². The van der Waals surface area contributed by atoms with Crippen LogP contribution in [0.3, 0.4) is 0 Å². The van der Waals surface area contributed by atoms with Crippen molar-refractivity contribution in [2.45, 2.75) is 30.6 Å². The number of aliphatic hydroxyl groups excluding tert-OH is 3. The fourth-order valence-corrected chi connectivity index (χ4v) is 1.80. The zero-order valence-electron chi connectivity index (χ0n) is 8.36. The van der Waals surface area contributed by atoms with Gasteiger partial charge in [0.1, 0.15) is 6.23 Å².